The van der Waals surface area contributed by atoms with Gasteiger partial charge in [-0.15, -0.1) is 0 Å². The number of rotatable bonds is 4. The molecule has 0 saturated carbocycles. The van der Waals surface area contributed by atoms with Gasteiger partial charge in [0.25, 0.3) is 0 Å². The highest BCUT2D eigenvalue weighted by Gasteiger charge is 2.10. The lowest BCUT2D eigenvalue weighted by molar-refractivity contribution is 0.0529. The minimum atomic E-state index is -0.466. The number of carbonyl (C=O) groups excluding carboxylic acids is 2. The van der Waals surface area contributed by atoms with E-state index in [0.717, 1.165) is 0 Å². The Bertz CT molecular complexity index is 336. The van der Waals surface area contributed by atoms with E-state index in [1.165, 1.54) is 0 Å². The fourth-order valence-electron chi connectivity index (χ4n) is 0.995. The van der Waals surface area contributed by atoms with E-state index in [1.807, 2.05) is 0 Å². The normalized spacial score (nSPS) is 9.50. The Morgan fingerprint density at radius 2 is 2.14 bits per heavy atom. The third-order valence-corrected chi connectivity index (χ3v) is 1.94. The molecule has 0 aliphatic heterocycles. The zero-order valence-electron chi connectivity index (χ0n) is 7.40. The van der Waals surface area contributed by atoms with Gasteiger partial charge in [-0.3, -0.25) is 4.79 Å². The van der Waals surface area contributed by atoms with Gasteiger partial charge in [0.05, 0.1) is 5.56 Å². The molecule has 0 aromatic heterocycles. The summed E-state index contributed by atoms with van der Waals surface area (Å²) in [5.74, 6) is -0.466. The zero-order chi connectivity index (χ0) is 10.4. The topological polar surface area (TPSA) is 43.4 Å². The molecule has 0 fully saturated rings. The van der Waals surface area contributed by atoms with E-state index in [-0.39, 0.29) is 0 Å². The molecule has 1 aromatic carbocycles. The summed E-state index contributed by atoms with van der Waals surface area (Å²) in [4.78, 5) is 22.0. The van der Waals surface area contributed by atoms with Crippen LogP contribution in [0, 0.1) is 0 Å². The van der Waals surface area contributed by atoms with Gasteiger partial charge in [-0.05, 0) is 6.07 Å². The highest BCUT2D eigenvalue weighted by Crippen LogP contribution is 2.07. The van der Waals surface area contributed by atoms with E-state index < -0.39 is 5.97 Å². The Balaban J connectivity index is 2.83. The molecule has 4 heteroatoms. The van der Waals surface area contributed by atoms with Crippen molar-refractivity contribution in [3.8, 4) is 0 Å². The molecule has 0 saturated heterocycles. The SMILES string of the molecule is O=Cc1ccccc1C(=O)OCCBr. The summed E-state index contributed by atoms with van der Waals surface area (Å²) in [5, 5.41) is 0.585. The number of ether oxygens (including phenoxy) is 1. The monoisotopic (exact) mass is 256 g/mol. The van der Waals surface area contributed by atoms with Crippen LogP contribution in [0.5, 0.6) is 0 Å². The maximum Gasteiger partial charge on any atom is 0.338 e. The summed E-state index contributed by atoms with van der Waals surface area (Å²) >= 11 is 3.14. The molecule has 1 rings (SSSR count). The summed E-state index contributed by atoms with van der Waals surface area (Å²) < 4.78 is 4.88. The van der Waals surface area contributed by atoms with Crippen molar-refractivity contribution in [3.05, 3.63) is 35.4 Å². The van der Waals surface area contributed by atoms with E-state index in [1.54, 1.807) is 24.3 Å². The summed E-state index contributed by atoms with van der Waals surface area (Å²) in [6.45, 7) is 0.298. The second-order valence-electron chi connectivity index (χ2n) is 2.53. The number of carbonyl (C=O) groups is 2. The summed E-state index contributed by atoms with van der Waals surface area (Å²) in [7, 11) is 0. The van der Waals surface area contributed by atoms with Crippen LogP contribution in [0.25, 0.3) is 0 Å². The molecule has 0 aliphatic rings. The predicted molar refractivity (Wildman–Crippen MR) is 55.9 cm³/mol. The van der Waals surface area contributed by atoms with Crippen molar-refractivity contribution < 1.29 is 14.3 Å². The largest absolute Gasteiger partial charge is 0.461 e. The summed E-state index contributed by atoms with van der Waals surface area (Å²) in [6.07, 6.45) is 0.644. The lowest BCUT2D eigenvalue weighted by Crippen LogP contribution is -2.09. The number of hydrogen-bond donors (Lipinski definition) is 0. The molecule has 0 unspecified atom stereocenters. The Kier molecular flexibility index (Phi) is 4.32. The molecular formula is C10H9BrO3. The second-order valence-corrected chi connectivity index (χ2v) is 3.32. The average molecular weight is 257 g/mol. The average Bonchev–Trinajstić information content (AvgIpc) is 2.25. The van der Waals surface area contributed by atoms with E-state index in [0.29, 0.717) is 29.4 Å². The smallest absolute Gasteiger partial charge is 0.338 e. The number of halogens is 1. The molecule has 0 atom stereocenters. The third kappa shape index (κ3) is 2.67. The predicted octanol–water partition coefficient (Wildman–Crippen LogP) is 2.05. The van der Waals surface area contributed by atoms with Crippen molar-refractivity contribution in [3.63, 3.8) is 0 Å². The van der Waals surface area contributed by atoms with Crippen LogP contribution >= 0.6 is 15.9 Å². The molecule has 0 spiro atoms. The van der Waals surface area contributed by atoms with Gasteiger partial charge in [-0.1, -0.05) is 34.1 Å². The first kappa shape index (κ1) is 10.9. The van der Waals surface area contributed by atoms with Crippen molar-refractivity contribution in [1.82, 2.24) is 0 Å². The first-order chi connectivity index (χ1) is 6.79. The number of aldehydes is 1. The Labute approximate surface area is 90.2 Å². The molecular weight excluding hydrogens is 248 g/mol. The quantitative estimate of drug-likeness (QED) is 0.471. The fraction of sp³-hybridized carbons (Fsp3) is 0.200. The molecule has 0 radical (unpaired) electrons. The van der Waals surface area contributed by atoms with Crippen LogP contribution in [0.3, 0.4) is 0 Å². The molecule has 0 N–H and O–H groups in total. The number of benzene rings is 1. The lowest BCUT2D eigenvalue weighted by Gasteiger charge is -2.03. The standard InChI is InChI=1S/C10H9BrO3/c11-5-6-14-10(13)9-4-2-1-3-8(9)7-12/h1-4,7H,5-6H2. The van der Waals surface area contributed by atoms with Gasteiger partial charge in [0, 0.05) is 10.9 Å². The second kappa shape index (κ2) is 5.54. The first-order valence-corrected chi connectivity index (χ1v) is 5.19. The van der Waals surface area contributed by atoms with E-state index in [4.69, 9.17) is 4.74 Å². The van der Waals surface area contributed by atoms with Gasteiger partial charge in [0.2, 0.25) is 0 Å². The summed E-state index contributed by atoms with van der Waals surface area (Å²) in [5.41, 5.74) is 0.663. The van der Waals surface area contributed by atoms with E-state index in [9.17, 15) is 9.59 Å². The molecule has 0 aliphatic carbocycles. The molecule has 0 heterocycles. The van der Waals surface area contributed by atoms with Gasteiger partial charge in [-0.25, -0.2) is 4.79 Å². The Morgan fingerprint density at radius 1 is 1.43 bits per heavy atom. The Hall–Kier alpha value is -1.16. The van der Waals surface area contributed by atoms with Crippen LogP contribution in [0.2, 0.25) is 0 Å². The first-order valence-electron chi connectivity index (χ1n) is 4.07. The summed E-state index contributed by atoms with van der Waals surface area (Å²) in [6, 6.07) is 6.54. The third-order valence-electron chi connectivity index (χ3n) is 1.62. The molecule has 0 bridgehead atoms. The number of hydrogen-bond acceptors (Lipinski definition) is 3. The number of alkyl halides is 1. The van der Waals surface area contributed by atoms with Crippen LogP contribution in [0.15, 0.2) is 24.3 Å². The van der Waals surface area contributed by atoms with Crippen LogP contribution in [0.1, 0.15) is 20.7 Å². The van der Waals surface area contributed by atoms with Crippen molar-refractivity contribution in [2.75, 3.05) is 11.9 Å². The van der Waals surface area contributed by atoms with E-state index >= 15 is 0 Å². The minimum absolute atomic E-state index is 0.298. The minimum Gasteiger partial charge on any atom is -0.461 e. The maximum absolute atomic E-state index is 11.4. The van der Waals surface area contributed by atoms with Crippen LogP contribution in [-0.4, -0.2) is 24.2 Å². The van der Waals surface area contributed by atoms with Crippen LogP contribution < -0.4 is 0 Å². The van der Waals surface area contributed by atoms with Gasteiger partial charge >= 0.3 is 5.97 Å². The molecule has 1 aromatic rings. The van der Waals surface area contributed by atoms with Gasteiger partial charge in [0.1, 0.15) is 6.61 Å². The van der Waals surface area contributed by atoms with E-state index in [2.05, 4.69) is 15.9 Å². The van der Waals surface area contributed by atoms with Crippen molar-refractivity contribution in [2.45, 2.75) is 0 Å². The van der Waals surface area contributed by atoms with Crippen LogP contribution in [-0.2, 0) is 4.74 Å². The molecule has 74 valence electrons. The van der Waals surface area contributed by atoms with Gasteiger partial charge in [0.15, 0.2) is 6.29 Å². The van der Waals surface area contributed by atoms with Gasteiger partial charge < -0.3 is 4.74 Å². The lowest BCUT2D eigenvalue weighted by atomic mass is 10.1. The van der Waals surface area contributed by atoms with Crippen molar-refractivity contribution in [1.29, 1.82) is 0 Å². The zero-order valence-corrected chi connectivity index (χ0v) is 8.99. The van der Waals surface area contributed by atoms with Crippen molar-refractivity contribution in [2.24, 2.45) is 0 Å². The number of esters is 1. The fourth-order valence-corrected chi connectivity index (χ4v) is 1.16. The highest BCUT2D eigenvalue weighted by molar-refractivity contribution is 9.09. The highest BCUT2D eigenvalue weighted by atomic mass is 79.9. The van der Waals surface area contributed by atoms with Gasteiger partial charge in [-0.2, -0.15) is 0 Å². The molecule has 14 heavy (non-hydrogen) atoms. The molecule has 3 nitrogen and oxygen atoms in total. The Morgan fingerprint density at radius 3 is 2.79 bits per heavy atom. The van der Waals surface area contributed by atoms with Crippen LogP contribution in [0.4, 0.5) is 0 Å². The maximum atomic E-state index is 11.4. The molecule has 0 amide bonds. The van der Waals surface area contributed by atoms with Crippen molar-refractivity contribution >= 4 is 28.2 Å².